The number of nitrogens with one attached hydrogen (secondary N) is 4. The number of hydrogen-bond acceptors (Lipinski definition) is 6. The molecular formula is C39H65N6O4+. The molecule has 0 spiro atoms. The molecule has 3 aliphatic heterocycles. The van der Waals surface area contributed by atoms with Gasteiger partial charge in [0.1, 0.15) is 23.4 Å². The normalized spacial score (nSPS) is 23.8. The summed E-state index contributed by atoms with van der Waals surface area (Å²) in [6.45, 7) is 29.6. The highest BCUT2D eigenvalue weighted by atomic mass is 16.5. The summed E-state index contributed by atoms with van der Waals surface area (Å²) in [4.78, 5) is 29.8. The van der Waals surface area contributed by atoms with Gasteiger partial charge in [-0.15, -0.1) is 0 Å². The average Bonchev–Trinajstić information content (AvgIpc) is 3.36. The van der Waals surface area contributed by atoms with E-state index in [0.717, 1.165) is 36.2 Å². The third kappa shape index (κ3) is 10.2. The second kappa shape index (κ2) is 19.8. The van der Waals surface area contributed by atoms with Gasteiger partial charge in [0, 0.05) is 31.1 Å². The minimum Gasteiger partial charge on any atom is -0.492 e. The number of allylic oxidation sites excluding steroid dienone is 3. The summed E-state index contributed by atoms with van der Waals surface area (Å²) in [5.74, 6) is 1.72. The first-order chi connectivity index (χ1) is 23.2. The number of benzene rings is 1. The highest BCUT2D eigenvalue weighted by Gasteiger charge is 2.58. The molecule has 0 radical (unpaired) electrons. The van der Waals surface area contributed by atoms with Gasteiger partial charge in [0.05, 0.1) is 30.6 Å². The monoisotopic (exact) mass is 682 g/mol. The van der Waals surface area contributed by atoms with Gasteiger partial charge in [0.2, 0.25) is 5.84 Å². The van der Waals surface area contributed by atoms with E-state index >= 15 is 0 Å². The molecule has 4 rings (SSSR count). The van der Waals surface area contributed by atoms with Crippen LogP contribution in [0.2, 0.25) is 0 Å². The standard InChI is InChI=1S/C25H37N5O3.C10H15NO.2C2H6/c1-6-8-20(26)29-19-13-27-15(2)30-14-18(22(31)25(19,30)5)28-23(32)16-9-7-10-17-21(16)33-12-11-24(17,3)4;1-5-6-7-8(2)9(3)10(12)11-4;2*1-2/h7,9-10,18-19,22,27,31H,2,6,8,11-14H2,1,3-5H3,(H2,26,29)(H,28,32);5-7H,3H2,1-2,4H3,(H,11,12);2*1-2H3/p+1/b;6-5-,8-7-;;. The van der Waals surface area contributed by atoms with Gasteiger partial charge in [-0.3, -0.25) is 20.3 Å². The van der Waals surface area contributed by atoms with Crippen molar-refractivity contribution in [3.8, 4) is 5.75 Å². The number of nitrogens with zero attached hydrogens (tertiary/aromatic N) is 1. The summed E-state index contributed by atoms with van der Waals surface area (Å²) in [5.41, 5.74) is 8.40. The molecular weight excluding hydrogens is 616 g/mol. The van der Waals surface area contributed by atoms with Gasteiger partial charge in [0.15, 0.2) is 0 Å². The summed E-state index contributed by atoms with van der Waals surface area (Å²) in [5, 5.41) is 20.4. The Morgan fingerprint density at radius 2 is 1.88 bits per heavy atom. The molecule has 274 valence electrons. The van der Waals surface area contributed by atoms with Crippen molar-refractivity contribution >= 4 is 17.6 Å². The molecule has 10 nitrogen and oxygen atoms in total. The fraction of sp³-hybridized carbons (Fsp3) is 0.564. The van der Waals surface area contributed by atoms with E-state index in [-0.39, 0.29) is 23.3 Å². The van der Waals surface area contributed by atoms with Crippen LogP contribution in [-0.4, -0.2) is 78.1 Å². The van der Waals surface area contributed by atoms with E-state index in [1.54, 1.807) is 13.1 Å². The van der Waals surface area contributed by atoms with Gasteiger partial charge in [-0.25, -0.2) is 0 Å². The second-order valence-electron chi connectivity index (χ2n) is 12.8. The zero-order valence-electron chi connectivity index (χ0n) is 32.0. The summed E-state index contributed by atoms with van der Waals surface area (Å²) in [6, 6.07) is 5.11. The molecule has 4 unspecified atom stereocenters. The van der Waals surface area contributed by atoms with Crippen molar-refractivity contribution < 1.29 is 24.4 Å². The number of amides is 2. The second-order valence-corrected chi connectivity index (χ2v) is 12.8. The van der Waals surface area contributed by atoms with Crippen LogP contribution in [0.25, 0.3) is 0 Å². The molecule has 10 heteroatoms. The number of nitrogens with two attached hydrogens (primary N) is 1. The molecule has 2 fully saturated rings. The SMILES string of the molecule is C=C(C(=O)NC)/C(C)=C\C=C/C.C=C1NCC([NH+]=C(N)CCC)C2(C)C(O)C(NC(=O)c3cccc4c3OCCC4(C)C)CN12.CC.CC. The fourth-order valence-electron chi connectivity index (χ4n) is 6.13. The molecule has 0 aromatic heterocycles. The van der Waals surface area contributed by atoms with Crippen LogP contribution in [-0.2, 0) is 10.2 Å². The fourth-order valence-corrected chi connectivity index (χ4v) is 6.13. The van der Waals surface area contributed by atoms with Crippen LogP contribution in [0.3, 0.4) is 0 Å². The summed E-state index contributed by atoms with van der Waals surface area (Å²) < 4.78 is 5.93. The number of amidine groups is 1. The van der Waals surface area contributed by atoms with E-state index in [4.69, 9.17) is 10.5 Å². The molecule has 2 amide bonds. The van der Waals surface area contributed by atoms with E-state index < -0.39 is 17.7 Å². The Kier molecular flexibility index (Phi) is 17.4. The van der Waals surface area contributed by atoms with Crippen molar-refractivity contribution in [3.63, 3.8) is 0 Å². The Balaban J connectivity index is 0.000000635. The van der Waals surface area contributed by atoms with Crippen LogP contribution in [0.4, 0.5) is 0 Å². The maximum atomic E-state index is 13.4. The molecule has 1 aromatic carbocycles. The number of aliphatic hydroxyl groups is 1. The van der Waals surface area contributed by atoms with Gasteiger partial charge in [-0.05, 0) is 50.7 Å². The lowest BCUT2D eigenvalue weighted by Crippen LogP contribution is -2.92. The van der Waals surface area contributed by atoms with Crippen molar-refractivity contribution in [2.75, 3.05) is 26.7 Å². The van der Waals surface area contributed by atoms with E-state index in [9.17, 15) is 14.7 Å². The smallest absolute Gasteiger partial charge is 0.255 e. The van der Waals surface area contributed by atoms with Crippen LogP contribution >= 0.6 is 0 Å². The molecule has 49 heavy (non-hydrogen) atoms. The van der Waals surface area contributed by atoms with Crippen LogP contribution in [0.1, 0.15) is 104 Å². The number of hydrogen-bond donors (Lipinski definition) is 6. The lowest BCUT2D eigenvalue weighted by atomic mass is 9.79. The van der Waals surface area contributed by atoms with Gasteiger partial charge in [0.25, 0.3) is 11.8 Å². The molecule has 3 aliphatic rings. The highest BCUT2D eigenvalue weighted by Crippen LogP contribution is 2.41. The summed E-state index contributed by atoms with van der Waals surface area (Å²) >= 11 is 0. The van der Waals surface area contributed by atoms with Crippen molar-refractivity contribution in [1.82, 2.24) is 20.9 Å². The molecule has 3 heterocycles. The molecule has 4 atom stereocenters. The van der Waals surface area contributed by atoms with Crippen LogP contribution in [0, 0.1) is 0 Å². The Hall–Kier alpha value is -4.05. The minimum atomic E-state index is -0.816. The van der Waals surface area contributed by atoms with Gasteiger partial charge in [-0.2, -0.15) is 0 Å². The summed E-state index contributed by atoms with van der Waals surface area (Å²) in [6.07, 6.45) is 7.43. The number of likely N-dealkylation sites (N-methyl/N-ethyl adjacent to an activating group) is 1. The Morgan fingerprint density at radius 1 is 1.22 bits per heavy atom. The number of aliphatic hydroxyl groups excluding tert-OH is 1. The number of ether oxygens (including phenoxy) is 1. The first-order valence-corrected chi connectivity index (χ1v) is 17.8. The van der Waals surface area contributed by atoms with Crippen molar-refractivity contribution in [3.05, 3.63) is 77.7 Å². The number of fused-ring (bicyclic) bond motifs is 2. The molecule has 0 bridgehead atoms. The third-order valence-corrected chi connectivity index (χ3v) is 9.16. The molecule has 7 N–H and O–H groups in total. The quantitative estimate of drug-likeness (QED) is 0.106. The highest BCUT2D eigenvalue weighted by molar-refractivity contribution is 5.98. The average molecular weight is 682 g/mol. The van der Waals surface area contributed by atoms with Crippen LogP contribution in [0.15, 0.2) is 66.6 Å². The lowest BCUT2D eigenvalue weighted by molar-refractivity contribution is -0.525. The van der Waals surface area contributed by atoms with E-state index in [1.165, 1.54) is 0 Å². The van der Waals surface area contributed by atoms with E-state index in [1.807, 2.05) is 83.7 Å². The number of carbonyl (C=O) groups is 2. The van der Waals surface area contributed by atoms with Crippen LogP contribution < -0.4 is 31.4 Å². The molecule has 1 aromatic rings. The van der Waals surface area contributed by atoms with Crippen molar-refractivity contribution in [1.29, 1.82) is 0 Å². The molecule has 0 saturated carbocycles. The van der Waals surface area contributed by atoms with Crippen molar-refractivity contribution in [2.24, 2.45) is 5.73 Å². The Morgan fingerprint density at radius 3 is 2.47 bits per heavy atom. The molecule has 2 saturated heterocycles. The van der Waals surface area contributed by atoms with E-state index in [0.29, 0.717) is 42.4 Å². The van der Waals surface area contributed by atoms with Gasteiger partial charge >= 0.3 is 0 Å². The molecule has 0 aliphatic carbocycles. The predicted molar refractivity (Wildman–Crippen MR) is 202 cm³/mol. The van der Waals surface area contributed by atoms with Crippen molar-refractivity contribution in [2.45, 2.75) is 118 Å². The largest absolute Gasteiger partial charge is 0.492 e. The topological polar surface area (TPSA) is 143 Å². The first kappa shape index (κ1) is 43.0. The zero-order valence-corrected chi connectivity index (χ0v) is 32.0. The van der Waals surface area contributed by atoms with Gasteiger partial charge < -0.3 is 30.7 Å². The first-order valence-electron chi connectivity index (χ1n) is 17.8. The maximum absolute atomic E-state index is 13.4. The Bertz CT molecular complexity index is 1380. The third-order valence-electron chi connectivity index (χ3n) is 9.16. The van der Waals surface area contributed by atoms with Crippen LogP contribution in [0.5, 0.6) is 5.75 Å². The Labute approximate surface area is 296 Å². The number of para-hydroxylation sites is 1. The predicted octanol–water partition coefficient (Wildman–Crippen LogP) is 3.82. The summed E-state index contributed by atoms with van der Waals surface area (Å²) in [7, 11) is 1.59. The number of carbonyl (C=O) groups excluding carboxylic acids is 2. The lowest BCUT2D eigenvalue weighted by Gasteiger charge is -2.46. The minimum absolute atomic E-state index is 0.0535. The van der Waals surface area contributed by atoms with E-state index in [2.05, 4.69) is 54.9 Å². The zero-order chi connectivity index (χ0) is 37.5. The van der Waals surface area contributed by atoms with Gasteiger partial charge in [-0.1, -0.05) is 92.0 Å². The maximum Gasteiger partial charge on any atom is 0.255 e. The number of rotatable bonds is 8.